The monoisotopic (exact) mass is 279 g/mol. The highest BCUT2D eigenvalue weighted by Crippen LogP contribution is 2.35. The first-order valence-electron chi connectivity index (χ1n) is 5.21. The second-order valence-electron chi connectivity index (χ2n) is 3.90. The van der Waals surface area contributed by atoms with Crippen LogP contribution in [-0.4, -0.2) is 9.51 Å². The van der Waals surface area contributed by atoms with Gasteiger partial charge in [0.05, 0.1) is 5.52 Å². The fourth-order valence-electron chi connectivity index (χ4n) is 2.03. The number of nitrogens with zero attached hydrogens (tertiary/aromatic N) is 1. The minimum Gasteiger partial charge on any atom is -0.505 e. The first-order chi connectivity index (χ1) is 8.61. The van der Waals surface area contributed by atoms with E-state index in [0.29, 0.717) is 5.52 Å². The topological polar surface area (TPSA) is 41.7 Å². The summed E-state index contributed by atoms with van der Waals surface area (Å²) in [6, 6.07) is 9.27. The number of hydrogen-bond acceptors (Lipinski definition) is 2. The van der Waals surface area contributed by atoms with E-state index < -0.39 is 5.56 Å². The molecule has 0 atom stereocenters. The van der Waals surface area contributed by atoms with Crippen LogP contribution in [0.2, 0.25) is 10.0 Å². The van der Waals surface area contributed by atoms with Crippen LogP contribution in [0.3, 0.4) is 0 Å². The van der Waals surface area contributed by atoms with Gasteiger partial charge in [0.15, 0.2) is 5.75 Å². The molecule has 0 saturated carbocycles. The van der Waals surface area contributed by atoms with Crippen LogP contribution in [0.4, 0.5) is 0 Å². The maximum absolute atomic E-state index is 12.0. The Morgan fingerprint density at radius 1 is 1.06 bits per heavy atom. The third-order valence-corrected chi connectivity index (χ3v) is 3.59. The third kappa shape index (κ3) is 1.41. The molecule has 0 aliphatic carbocycles. The molecule has 18 heavy (non-hydrogen) atoms. The van der Waals surface area contributed by atoms with E-state index in [4.69, 9.17) is 23.2 Å². The summed E-state index contributed by atoms with van der Waals surface area (Å²) in [5.41, 5.74) is -0.0269. The molecule has 0 unspecified atom stereocenters. The van der Waals surface area contributed by atoms with Crippen LogP contribution in [0.1, 0.15) is 0 Å². The van der Waals surface area contributed by atoms with E-state index in [1.54, 1.807) is 12.3 Å². The van der Waals surface area contributed by atoms with E-state index in [1.165, 1.54) is 4.40 Å². The lowest BCUT2D eigenvalue weighted by Crippen LogP contribution is -2.14. The average Bonchev–Trinajstić information content (AvgIpc) is 2.41. The summed E-state index contributed by atoms with van der Waals surface area (Å²) in [4.78, 5) is 12.0. The Morgan fingerprint density at radius 2 is 1.78 bits per heavy atom. The number of hydrogen-bond donors (Lipinski definition) is 1. The molecular weight excluding hydrogens is 273 g/mol. The van der Waals surface area contributed by atoms with Crippen LogP contribution >= 0.6 is 23.2 Å². The molecule has 0 radical (unpaired) electrons. The standard InChI is InChI=1S/C13H7Cl2NO2/c14-9-11-8-4-2-1-3-7(8)5-6-16(11)13(18)10(15)12(9)17/h1-6,17H. The number of aromatic nitrogens is 1. The van der Waals surface area contributed by atoms with Crippen molar-refractivity contribution in [1.29, 1.82) is 0 Å². The molecule has 0 fully saturated rings. The van der Waals surface area contributed by atoms with Gasteiger partial charge in [-0.3, -0.25) is 9.20 Å². The Balaban J connectivity index is 2.71. The van der Waals surface area contributed by atoms with Gasteiger partial charge in [-0.15, -0.1) is 0 Å². The summed E-state index contributed by atoms with van der Waals surface area (Å²) in [6.07, 6.45) is 1.59. The molecule has 3 aromatic rings. The van der Waals surface area contributed by atoms with Crippen molar-refractivity contribution in [2.24, 2.45) is 0 Å². The van der Waals surface area contributed by atoms with Crippen molar-refractivity contribution >= 4 is 39.5 Å². The Kier molecular flexibility index (Phi) is 2.47. The van der Waals surface area contributed by atoms with Crippen molar-refractivity contribution in [1.82, 2.24) is 4.40 Å². The molecule has 0 saturated heterocycles. The molecule has 0 bridgehead atoms. The lowest BCUT2D eigenvalue weighted by Gasteiger charge is -2.09. The second-order valence-corrected chi connectivity index (χ2v) is 4.66. The molecular formula is C13H7Cl2NO2. The van der Waals surface area contributed by atoms with Gasteiger partial charge < -0.3 is 5.11 Å². The Labute approximate surface area is 112 Å². The summed E-state index contributed by atoms with van der Waals surface area (Å²) in [6.45, 7) is 0. The molecule has 0 aliphatic rings. The molecule has 3 rings (SSSR count). The van der Waals surface area contributed by atoms with E-state index in [0.717, 1.165) is 10.8 Å². The van der Waals surface area contributed by atoms with Gasteiger partial charge in [-0.2, -0.15) is 0 Å². The number of rotatable bonds is 0. The normalized spacial score (nSPS) is 11.2. The van der Waals surface area contributed by atoms with Crippen molar-refractivity contribution in [3.8, 4) is 5.75 Å². The minimum atomic E-state index is -0.487. The first kappa shape index (κ1) is 11.4. The highest BCUT2D eigenvalue weighted by atomic mass is 35.5. The highest BCUT2D eigenvalue weighted by molar-refractivity contribution is 6.40. The van der Waals surface area contributed by atoms with E-state index in [9.17, 15) is 9.90 Å². The van der Waals surface area contributed by atoms with E-state index in [2.05, 4.69) is 0 Å². The zero-order valence-corrected chi connectivity index (χ0v) is 10.5. The van der Waals surface area contributed by atoms with Gasteiger partial charge in [0, 0.05) is 11.6 Å². The maximum atomic E-state index is 12.0. The first-order valence-corrected chi connectivity index (χ1v) is 5.97. The molecule has 0 amide bonds. The quantitative estimate of drug-likeness (QED) is 0.641. The smallest absolute Gasteiger partial charge is 0.277 e. The highest BCUT2D eigenvalue weighted by Gasteiger charge is 2.16. The molecule has 90 valence electrons. The fraction of sp³-hybridized carbons (Fsp3) is 0. The lowest BCUT2D eigenvalue weighted by atomic mass is 10.1. The van der Waals surface area contributed by atoms with Crippen molar-refractivity contribution in [3.05, 3.63) is 56.9 Å². The van der Waals surface area contributed by atoms with Gasteiger partial charge in [-0.1, -0.05) is 47.5 Å². The Bertz CT molecular complexity index is 840. The Hall–Kier alpha value is -1.71. The van der Waals surface area contributed by atoms with Gasteiger partial charge in [-0.05, 0) is 11.5 Å². The maximum Gasteiger partial charge on any atom is 0.277 e. The largest absolute Gasteiger partial charge is 0.505 e. The zero-order valence-electron chi connectivity index (χ0n) is 9.02. The van der Waals surface area contributed by atoms with Gasteiger partial charge in [0.2, 0.25) is 0 Å². The molecule has 2 aromatic heterocycles. The van der Waals surface area contributed by atoms with Crippen molar-refractivity contribution in [2.45, 2.75) is 0 Å². The molecule has 5 heteroatoms. The molecule has 0 spiro atoms. The van der Waals surface area contributed by atoms with Crippen LogP contribution in [0, 0.1) is 0 Å². The van der Waals surface area contributed by atoms with Gasteiger partial charge in [0.1, 0.15) is 10.0 Å². The van der Waals surface area contributed by atoms with Crippen LogP contribution in [-0.2, 0) is 0 Å². The number of fused-ring (bicyclic) bond motifs is 3. The zero-order chi connectivity index (χ0) is 12.9. The van der Waals surface area contributed by atoms with Crippen molar-refractivity contribution in [3.63, 3.8) is 0 Å². The lowest BCUT2D eigenvalue weighted by molar-refractivity contribution is 0.475. The number of pyridine rings is 2. The molecule has 0 aliphatic heterocycles. The summed E-state index contributed by atoms with van der Waals surface area (Å²) in [7, 11) is 0. The van der Waals surface area contributed by atoms with E-state index >= 15 is 0 Å². The predicted octanol–water partition coefficient (Wildman–Crippen LogP) is 3.47. The summed E-state index contributed by atoms with van der Waals surface area (Å²) in [5.74, 6) is -0.375. The van der Waals surface area contributed by atoms with E-state index in [1.807, 2.05) is 24.3 Å². The number of halogens is 2. The molecule has 2 heterocycles. The molecule has 3 nitrogen and oxygen atoms in total. The van der Waals surface area contributed by atoms with Crippen molar-refractivity contribution < 1.29 is 5.11 Å². The summed E-state index contributed by atoms with van der Waals surface area (Å²) >= 11 is 11.8. The van der Waals surface area contributed by atoms with Crippen LogP contribution in [0.15, 0.2) is 41.3 Å². The summed E-state index contributed by atoms with van der Waals surface area (Å²) < 4.78 is 1.34. The second kappa shape index (κ2) is 3.90. The fourth-order valence-corrected chi connectivity index (χ4v) is 2.55. The molecule has 1 aromatic carbocycles. The van der Waals surface area contributed by atoms with Gasteiger partial charge in [-0.25, -0.2) is 0 Å². The minimum absolute atomic E-state index is 0.0800. The number of benzene rings is 1. The van der Waals surface area contributed by atoms with Crippen LogP contribution in [0.5, 0.6) is 5.75 Å². The van der Waals surface area contributed by atoms with E-state index in [-0.39, 0.29) is 15.8 Å². The van der Waals surface area contributed by atoms with Crippen molar-refractivity contribution in [2.75, 3.05) is 0 Å². The number of aromatic hydroxyl groups is 1. The Morgan fingerprint density at radius 3 is 2.56 bits per heavy atom. The van der Waals surface area contributed by atoms with Crippen LogP contribution < -0.4 is 5.56 Å². The van der Waals surface area contributed by atoms with Gasteiger partial charge in [0.25, 0.3) is 5.56 Å². The average molecular weight is 280 g/mol. The summed E-state index contributed by atoms with van der Waals surface area (Å²) in [5, 5.41) is 11.3. The van der Waals surface area contributed by atoms with Gasteiger partial charge >= 0.3 is 0 Å². The third-order valence-electron chi connectivity index (χ3n) is 2.89. The van der Waals surface area contributed by atoms with Crippen LogP contribution in [0.25, 0.3) is 16.3 Å². The SMILES string of the molecule is O=c1c(Cl)c(O)c(Cl)c2c3ccccc3ccn12. The predicted molar refractivity (Wildman–Crippen MR) is 72.9 cm³/mol. The molecule has 1 N–H and O–H groups in total.